The van der Waals surface area contributed by atoms with E-state index < -0.39 is 12.3 Å². The number of carbonyl (C=O) groups is 2. The summed E-state index contributed by atoms with van der Waals surface area (Å²) in [4.78, 5) is 33.3. The van der Waals surface area contributed by atoms with E-state index in [0.29, 0.717) is 40.8 Å². The van der Waals surface area contributed by atoms with E-state index in [1.165, 1.54) is 6.07 Å². The van der Waals surface area contributed by atoms with E-state index in [2.05, 4.69) is 10.3 Å². The predicted molar refractivity (Wildman–Crippen MR) is 154 cm³/mol. The predicted octanol–water partition coefficient (Wildman–Crippen LogP) is 4.04. The summed E-state index contributed by atoms with van der Waals surface area (Å²) in [6.07, 6.45) is 3.34. The second kappa shape index (κ2) is 12.1. The molecule has 2 aromatic carbocycles. The van der Waals surface area contributed by atoms with Crippen molar-refractivity contribution in [3.8, 4) is 11.8 Å². The molecular formula is C31H30FN5O4S. The number of pyridine rings is 1. The van der Waals surface area contributed by atoms with E-state index in [1.54, 1.807) is 28.8 Å². The summed E-state index contributed by atoms with van der Waals surface area (Å²) < 4.78 is 20.5. The summed E-state index contributed by atoms with van der Waals surface area (Å²) in [7, 11) is 0. The van der Waals surface area contributed by atoms with Crippen molar-refractivity contribution in [3.05, 3.63) is 82.9 Å². The SMILES string of the molecule is N#Cc1ccc(N2CCC(Sc3ccc(COc4cccc5c4CN([C@H]4CCC(=O)NC4=O)C5O)nc3)CC2)c(F)c1. The van der Waals surface area contributed by atoms with Gasteiger partial charge in [0, 0.05) is 53.5 Å². The van der Waals surface area contributed by atoms with Crippen molar-refractivity contribution >= 4 is 29.3 Å². The van der Waals surface area contributed by atoms with Crippen LogP contribution < -0.4 is 15.0 Å². The molecule has 1 unspecified atom stereocenters. The van der Waals surface area contributed by atoms with Gasteiger partial charge < -0.3 is 14.7 Å². The van der Waals surface area contributed by atoms with Crippen LogP contribution in [0.1, 0.15) is 54.3 Å². The lowest BCUT2D eigenvalue weighted by atomic mass is 10.0. The standard InChI is InChI=1S/C31H30FN5O4S/c32-25-14-19(15-33)4-7-26(25)36-12-10-21(11-13-36)42-22-6-5-20(34-16-22)18-41-28-3-1-2-23-24(28)17-37(31(23)40)27-8-9-29(38)35-30(27)39/h1-7,14,16,21,27,31,40H,8-13,17-18H2,(H,35,38,39)/t27-,31?/m0/s1. The molecule has 1 aromatic heterocycles. The number of aliphatic hydroxyl groups is 1. The number of benzene rings is 2. The molecule has 216 valence electrons. The molecule has 0 bridgehead atoms. The van der Waals surface area contributed by atoms with Gasteiger partial charge in [0.1, 0.15) is 24.4 Å². The number of carbonyl (C=O) groups excluding carboxylic acids is 2. The molecule has 9 nitrogen and oxygen atoms in total. The summed E-state index contributed by atoms with van der Waals surface area (Å²) in [5.41, 5.74) is 3.17. The highest BCUT2D eigenvalue weighted by atomic mass is 32.2. The van der Waals surface area contributed by atoms with E-state index in [-0.39, 0.29) is 30.7 Å². The number of nitriles is 1. The van der Waals surface area contributed by atoms with Crippen LogP contribution in [0.4, 0.5) is 10.1 Å². The smallest absolute Gasteiger partial charge is 0.244 e. The van der Waals surface area contributed by atoms with Crippen molar-refractivity contribution in [2.45, 2.75) is 61.3 Å². The first-order chi connectivity index (χ1) is 20.4. The molecule has 2 fully saturated rings. The maximum absolute atomic E-state index is 14.4. The Kier molecular flexibility index (Phi) is 8.11. The Hall–Kier alpha value is -3.98. The normalized spacial score (nSPS) is 21.1. The molecule has 3 aliphatic heterocycles. The molecule has 42 heavy (non-hydrogen) atoms. The second-order valence-corrected chi connectivity index (χ2v) is 12.1. The quantitative estimate of drug-likeness (QED) is 0.395. The van der Waals surface area contributed by atoms with Crippen LogP contribution in [0.25, 0.3) is 0 Å². The van der Waals surface area contributed by atoms with Gasteiger partial charge in [-0.1, -0.05) is 12.1 Å². The lowest BCUT2D eigenvalue weighted by Gasteiger charge is -2.33. The molecule has 2 amide bonds. The fraction of sp³-hybridized carbons (Fsp3) is 0.355. The Morgan fingerprint density at radius 3 is 2.69 bits per heavy atom. The fourth-order valence-electron chi connectivity index (χ4n) is 5.81. The van der Waals surface area contributed by atoms with Crippen molar-refractivity contribution in [1.29, 1.82) is 5.26 Å². The Bertz CT molecular complexity index is 1540. The van der Waals surface area contributed by atoms with Gasteiger partial charge in [0.05, 0.1) is 29.1 Å². The first-order valence-corrected chi connectivity index (χ1v) is 14.9. The zero-order chi connectivity index (χ0) is 29.2. The number of anilines is 1. The first-order valence-electron chi connectivity index (χ1n) is 14.0. The van der Waals surface area contributed by atoms with Crippen LogP contribution >= 0.6 is 11.8 Å². The van der Waals surface area contributed by atoms with Crippen molar-refractivity contribution in [2.24, 2.45) is 0 Å². The van der Waals surface area contributed by atoms with E-state index in [1.807, 2.05) is 47.5 Å². The van der Waals surface area contributed by atoms with E-state index in [0.717, 1.165) is 42.1 Å². The third kappa shape index (κ3) is 5.83. The van der Waals surface area contributed by atoms with Crippen molar-refractivity contribution < 1.29 is 23.8 Å². The lowest BCUT2D eigenvalue weighted by Crippen LogP contribution is -2.51. The van der Waals surface area contributed by atoms with E-state index >= 15 is 0 Å². The van der Waals surface area contributed by atoms with Gasteiger partial charge in [0.2, 0.25) is 11.8 Å². The number of hydrogen-bond acceptors (Lipinski definition) is 9. The van der Waals surface area contributed by atoms with Crippen LogP contribution in [-0.4, -0.2) is 51.2 Å². The summed E-state index contributed by atoms with van der Waals surface area (Å²) in [6, 6.07) is 15.5. The minimum Gasteiger partial charge on any atom is -0.487 e. The number of aliphatic hydroxyl groups excluding tert-OH is 1. The van der Waals surface area contributed by atoms with Crippen LogP contribution in [0.2, 0.25) is 0 Å². The highest BCUT2D eigenvalue weighted by Gasteiger charge is 2.40. The van der Waals surface area contributed by atoms with Crippen molar-refractivity contribution in [3.63, 3.8) is 0 Å². The number of imide groups is 1. The van der Waals surface area contributed by atoms with Crippen LogP contribution in [0.15, 0.2) is 59.6 Å². The van der Waals surface area contributed by atoms with Gasteiger partial charge in [-0.15, -0.1) is 11.8 Å². The van der Waals surface area contributed by atoms with E-state index in [9.17, 15) is 19.1 Å². The average Bonchev–Trinajstić information content (AvgIpc) is 3.33. The molecule has 3 aromatic rings. The van der Waals surface area contributed by atoms with Gasteiger partial charge in [-0.05, 0) is 55.7 Å². The van der Waals surface area contributed by atoms with Crippen LogP contribution in [0, 0.1) is 17.1 Å². The van der Waals surface area contributed by atoms with Gasteiger partial charge >= 0.3 is 0 Å². The first kappa shape index (κ1) is 28.2. The number of aromatic nitrogens is 1. The molecule has 0 saturated carbocycles. The molecule has 2 atom stereocenters. The second-order valence-electron chi connectivity index (χ2n) is 10.7. The molecule has 2 saturated heterocycles. The molecule has 4 heterocycles. The Balaban J connectivity index is 1.02. The fourth-order valence-corrected chi connectivity index (χ4v) is 6.91. The Morgan fingerprint density at radius 1 is 1.14 bits per heavy atom. The average molecular weight is 588 g/mol. The third-order valence-corrected chi connectivity index (χ3v) is 9.37. The number of piperidine rings is 2. The molecule has 3 aliphatic rings. The van der Waals surface area contributed by atoms with Crippen LogP contribution in [0.5, 0.6) is 5.75 Å². The number of halogens is 1. The number of fused-ring (bicyclic) bond motifs is 1. The molecule has 0 radical (unpaired) electrons. The topological polar surface area (TPSA) is 119 Å². The molecular weight excluding hydrogens is 557 g/mol. The number of thioether (sulfide) groups is 1. The number of nitrogens with one attached hydrogen (secondary N) is 1. The monoisotopic (exact) mass is 587 g/mol. The molecule has 11 heteroatoms. The largest absolute Gasteiger partial charge is 0.487 e. The van der Waals surface area contributed by atoms with Crippen molar-refractivity contribution in [1.82, 2.24) is 15.2 Å². The van der Waals surface area contributed by atoms with Crippen LogP contribution in [-0.2, 0) is 22.7 Å². The molecule has 2 N–H and O–H groups in total. The maximum Gasteiger partial charge on any atom is 0.244 e. The summed E-state index contributed by atoms with van der Waals surface area (Å²) in [6.45, 7) is 2.09. The van der Waals surface area contributed by atoms with E-state index in [4.69, 9.17) is 10.00 Å². The summed E-state index contributed by atoms with van der Waals surface area (Å²) >= 11 is 1.77. The minimum atomic E-state index is -0.947. The summed E-state index contributed by atoms with van der Waals surface area (Å²) in [5.74, 6) is -0.392. The van der Waals surface area contributed by atoms with Gasteiger partial charge in [-0.3, -0.25) is 24.8 Å². The number of hydrogen-bond donors (Lipinski definition) is 2. The number of rotatable bonds is 7. The zero-order valence-corrected chi connectivity index (χ0v) is 23.6. The van der Waals surface area contributed by atoms with Crippen molar-refractivity contribution in [2.75, 3.05) is 18.0 Å². The van der Waals surface area contributed by atoms with Gasteiger partial charge in [-0.25, -0.2) is 4.39 Å². The Morgan fingerprint density at radius 2 is 1.98 bits per heavy atom. The molecule has 6 rings (SSSR count). The van der Waals surface area contributed by atoms with Gasteiger partial charge in [-0.2, -0.15) is 5.26 Å². The lowest BCUT2D eigenvalue weighted by molar-refractivity contribution is -0.141. The maximum atomic E-state index is 14.4. The van der Waals surface area contributed by atoms with Gasteiger partial charge in [0.25, 0.3) is 0 Å². The number of nitrogens with zero attached hydrogens (tertiary/aromatic N) is 4. The highest BCUT2D eigenvalue weighted by Crippen LogP contribution is 2.40. The molecule has 0 spiro atoms. The van der Waals surface area contributed by atoms with Crippen LogP contribution in [0.3, 0.4) is 0 Å². The summed E-state index contributed by atoms with van der Waals surface area (Å²) in [5, 5.41) is 22.6. The minimum absolute atomic E-state index is 0.247. The number of ether oxygens (including phenoxy) is 1. The Labute approximate surface area is 247 Å². The van der Waals surface area contributed by atoms with Gasteiger partial charge in [0.15, 0.2) is 0 Å². The molecule has 0 aliphatic carbocycles. The third-order valence-electron chi connectivity index (χ3n) is 8.05. The highest BCUT2D eigenvalue weighted by molar-refractivity contribution is 8.00. The zero-order valence-electron chi connectivity index (χ0n) is 22.8. The number of amides is 2.